The normalized spacial score (nSPS) is 11.7. The second-order valence-corrected chi connectivity index (χ2v) is 31.0. The van der Waals surface area contributed by atoms with Crippen molar-refractivity contribution in [1.82, 2.24) is 34.5 Å². The number of fused-ring (bicyclic) bond motifs is 3. The summed E-state index contributed by atoms with van der Waals surface area (Å²) in [5, 5.41) is 12.4. The average Bonchev–Trinajstić information content (AvgIpc) is 1.32. The van der Waals surface area contributed by atoms with E-state index in [4.69, 9.17) is 29.9 Å². The van der Waals surface area contributed by atoms with E-state index in [1.165, 1.54) is 41.5 Å². The van der Waals surface area contributed by atoms with Gasteiger partial charge in [-0.05, 0) is 76.9 Å². The van der Waals surface area contributed by atoms with Gasteiger partial charge in [0.15, 0.2) is 45.3 Å². The van der Waals surface area contributed by atoms with E-state index in [-0.39, 0.29) is 0 Å². The molecular weight excluding hydrogens is 1160 g/mol. The molecule has 0 atom stereocenters. The van der Waals surface area contributed by atoms with Gasteiger partial charge in [0.25, 0.3) is 0 Å². The maximum Gasteiger partial charge on any atom is 0.238 e. The van der Waals surface area contributed by atoms with Crippen molar-refractivity contribution in [3.63, 3.8) is 0 Å². The molecule has 16 rings (SSSR count). The summed E-state index contributed by atoms with van der Waals surface area (Å²) in [7, 11) is -5.81. The molecule has 0 spiro atoms. The third-order valence-electron chi connectivity index (χ3n) is 18.0. The van der Waals surface area contributed by atoms with Crippen LogP contribution in [0.25, 0.3) is 95.8 Å². The lowest BCUT2D eigenvalue weighted by Crippen LogP contribution is -2.74. The van der Waals surface area contributed by atoms with Gasteiger partial charge >= 0.3 is 0 Å². The maximum atomic E-state index is 5.49. The summed E-state index contributed by atoms with van der Waals surface area (Å²) in [5.74, 6) is 3.40. The minimum Gasteiger partial charge on any atom is -0.278 e. The van der Waals surface area contributed by atoms with Gasteiger partial charge in [-0.25, -0.2) is 19.9 Å². The molecular formula is C84H59N7Si2. The summed E-state index contributed by atoms with van der Waals surface area (Å²) in [5.41, 5.74) is 8.39. The Hall–Kier alpha value is -11.9. The van der Waals surface area contributed by atoms with E-state index in [2.05, 4.69) is 344 Å². The molecule has 0 aliphatic heterocycles. The van der Waals surface area contributed by atoms with Crippen LogP contribution in [0.1, 0.15) is 0 Å². The molecule has 0 aliphatic rings. The van der Waals surface area contributed by atoms with E-state index in [0.29, 0.717) is 35.1 Å². The molecule has 0 saturated heterocycles. The first kappa shape index (κ1) is 56.4. The van der Waals surface area contributed by atoms with Crippen LogP contribution >= 0.6 is 0 Å². The van der Waals surface area contributed by atoms with Crippen LogP contribution in [0.3, 0.4) is 0 Å². The summed E-state index contributed by atoms with van der Waals surface area (Å²) in [6.45, 7) is 0. The van der Waals surface area contributed by atoms with Crippen molar-refractivity contribution in [2.24, 2.45) is 0 Å². The van der Waals surface area contributed by atoms with E-state index in [1.54, 1.807) is 0 Å². The van der Waals surface area contributed by atoms with Crippen LogP contribution in [0.15, 0.2) is 358 Å². The minimum atomic E-state index is -2.93. The molecule has 0 aliphatic carbocycles. The lowest BCUT2D eigenvalue weighted by atomic mass is 10.0. The van der Waals surface area contributed by atoms with Gasteiger partial charge in [0.05, 0.1) is 11.0 Å². The van der Waals surface area contributed by atoms with Gasteiger partial charge in [-0.1, -0.05) is 334 Å². The molecule has 0 saturated carbocycles. The second kappa shape index (κ2) is 24.5. The third kappa shape index (κ3) is 10.3. The Balaban J connectivity index is 0.835. The van der Waals surface area contributed by atoms with E-state index < -0.39 is 16.1 Å². The van der Waals surface area contributed by atoms with Crippen molar-refractivity contribution in [2.75, 3.05) is 0 Å². The van der Waals surface area contributed by atoms with E-state index in [1.807, 2.05) is 18.2 Å². The lowest BCUT2D eigenvalue weighted by Gasteiger charge is -2.34. The van der Waals surface area contributed by atoms with Gasteiger partial charge in [-0.2, -0.15) is 9.97 Å². The topological polar surface area (TPSA) is 82.3 Å². The fourth-order valence-electron chi connectivity index (χ4n) is 13.8. The van der Waals surface area contributed by atoms with Crippen molar-refractivity contribution in [3.8, 4) is 74.0 Å². The van der Waals surface area contributed by atoms with E-state index in [9.17, 15) is 0 Å². The van der Waals surface area contributed by atoms with Crippen molar-refractivity contribution >= 4 is 79.4 Å². The highest BCUT2D eigenvalue weighted by molar-refractivity contribution is 7.20. The number of rotatable bonds is 15. The molecule has 0 unspecified atom stereocenters. The highest BCUT2D eigenvalue weighted by Gasteiger charge is 2.43. The number of benzene rings is 13. The SMILES string of the molecule is c1ccc(-c2nc(-c3cccc(-c4cccc(-c5nc(-c6cccc([Si](c7ccccc7)(c7ccccc7)c7ccccc7)c6)nc(-n6c7ccccc7c7ccccc76)n5)c4)c3)nc(-c3cccc([Si](c4ccccc4)(c4ccccc4)c4ccccc4)c3)n2)cc1. The Morgan fingerprint density at radius 2 is 0.419 bits per heavy atom. The summed E-state index contributed by atoms with van der Waals surface area (Å²) >= 11 is 0. The first-order valence-electron chi connectivity index (χ1n) is 31.4. The molecule has 0 N–H and O–H groups in total. The van der Waals surface area contributed by atoms with Crippen LogP contribution in [-0.2, 0) is 0 Å². The van der Waals surface area contributed by atoms with Gasteiger partial charge in [0.2, 0.25) is 5.95 Å². The van der Waals surface area contributed by atoms with E-state index >= 15 is 0 Å². The highest BCUT2D eigenvalue weighted by Crippen LogP contribution is 2.35. The number of aromatic nitrogens is 7. The maximum absolute atomic E-state index is 5.49. The number of para-hydroxylation sites is 2. The average molecular weight is 1220 g/mol. The van der Waals surface area contributed by atoms with Crippen LogP contribution in [0.4, 0.5) is 0 Å². The van der Waals surface area contributed by atoms with Gasteiger partial charge in [0, 0.05) is 38.6 Å². The molecule has 0 amide bonds. The first-order chi connectivity index (χ1) is 46.1. The lowest BCUT2D eigenvalue weighted by molar-refractivity contribution is 0.953. The minimum absolute atomic E-state index is 0.529. The third-order valence-corrected chi connectivity index (χ3v) is 27.5. The Labute approximate surface area is 542 Å². The Kier molecular flexibility index (Phi) is 14.8. The Bertz CT molecular complexity index is 5080. The molecule has 7 nitrogen and oxygen atoms in total. The summed E-state index contributed by atoms with van der Waals surface area (Å²) in [6.07, 6.45) is 0. The fourth-order valence-corrected chi connectivity index (χ4v) is 23.4. The van der Waals surface area contributed by atoms with Crippen LogP contribution < -0.4 is 41.5 Å². The van der Waals surface area contributed by atoms with Gasteiger partial charge in [-0.15, -0.1) is 0 Å². The van der Waals surface area contributed by atoms with Gasteiger partial charge < -0.3 is 0 Å². The molecule has 16 aromatic rings. The zero-order valence-corrected chi connectivity index (χ0v) is 52.7. The van der Waals surface area contributed by atoms with Crippen LogP contribution in [0.5, 0.6) is 0 Å². The predicted octanol–water partition coefficient (Wildman–Crippen LogP) is 13.9. The number of hydrogen-bond acceptors (Lipinski definition) is 6. The zero-order chi connectivity index (χ0) is 62.0. The van der Waals surface area contributed by atoms with Crippen LogP contribution in [-0.4, -0.2) is 50.6 Å². The molecule has 0 radical (unpaired) electrons. The molecule has 0 bridgehead atoms. The molecule has 9 heteroatoms. The molecule has 0 fully saturated rings. The first-order valence-corrected chi connectivity index (χ1v) is 35.4. The van der Waals surface area contributed by atoms with Gasteiger partial charge in [0.1, 0.15) is 0 Å². The number of nitrogens with zero attached hydrogens (tertiary/aromatic N) is 7. The Morgan fingerprint density at radius 1 is 0.183 bits per heavy atom. The monoisotopic (exact) mass is 1220 g/mol. The van der Waals surface area contributed by atoms with Crippen LogP contribution in [0, 0.1) is 0 Å². The van der Waals surface area contributed by atoms with Crippen molar-refractivity contribution in [1.29, 1.82) is 0 Å². The quantitative estimate of drug-likeness (QED) is 0.0751. The second-order valence-electron chi connectivity index (χ2n) is 23.3. The summed E-state index contributed by atoms with van der Waals surface area (Å²) in [6, 6.07) is 128. The largest absolute Gasteiger partial charge is 0.278 e. The van der Waals surface area contributed by atoms with Gasteiger partial charge in [-0.3, -0.25) is 4.57 Å². The molecule has 93 heavy (non-hydrogen) atoms. The standard InChI is InChI=1S/C84H59N7Si2/c1-8-30-60(31-9-1)79-85-80(87-81(86-79)65-36-28-50-73(58-65)92(67-38-10-2-11-39-67,68-40-12-3-13-41-68)69-42-14-4-15-43-69)63-34-26-32-61(56-63)62-33-27-35-64(57-62)82-88-83(90-84(89-82)91-77-54-24-22-52-75(77)76-53-23-25-55-78(76)91)66-37-29-51-74(59-66)93(70-44-16-5-17-45-70,71-46-18-6-19-47-71)72-48-20-7-21-49-72/h1-59H. The molecule has 3 heterocycles. The smallest absolute Gasteiger partial charge is 0.238 e. The zero-order valence-electron chi connectivity index (χ0n) is 50.7. The summed E-state index contributed by atoms with van der Waals surface area (Å²) < 4.78 is 2.19. The van der Waals surface area contributed by atoms with Crippen molar-refractivity contribution in [3.05, 3.63) is 358 Å². The number of hydrogen-bond donors (Lipinski definition) is 0. The van der Waals surface area contributed by atoms with Crippen molar-refractivity contribution in [2.45, 2.75) is 0 Å². The van der Waals surface area contributed by atoms with Crippen LogP contribution in [0.2, 0.25) is 0 Å². The molecule has 13 aromatic carbocycles. The predicted molar refractivity (Wildman–Crippen MR) is 387 cm³/mol. The van der Waals surface area contributed by atoms with E-state index in [0.717, 1.165) is 60.8 Å². The highest BCUT2D eigenvalue weighted by atomic mass is 28.3. The Morgan fingerprint density at radius 3 is 0.763 bits per heavy atom. The molecule has 3 aromatic heterocycles. The fraction of sp³-hybridized carbons (Fsp3) is 0. The van der Waals surface area contributed by atoms with Crippen molar-refractivity contribution < 1.29 is 0 Å². The molecule has 438 valence electrons. The summed E-state index contributed by atoms with van der Waals surface area (Å²) in [4.78, 5) is 32.4.